The van der Waals surface area contributed by atoms with Crippen LogP contribution in [0.2, 0.25) is 0 Å². The first-order valence-corrected chi connectivity index (χ1v) is 13.4. The van der Waals surface area contributed by atoms with Crippen LogP contribution in [0.4, 0.5) is 0 Å². The fraction of sp³-hybridized carbons (Fsp3) is 0.655. The van der Waals surface area contributed by atoms with Crippen molar-refractivity contribution in [3.8, 4) is 5.75 Å². The Labute approximate surface area is 221 Å². The lowest BCUT2D eigenvalue weighted by molar-refractivity contribution is -0.144. The number of fused-ring (bicyclic) bond motifs is 1. The molecule has 0 saturated carbocycles. The highest BCUT2D eigenvalue weighted by atomic mass is 16.7. The number of methoxy groups -OCH3 is 2. The number of hydrogen-bond donors (Lipinski definition) is 0. The summed E-state index contributed by atoms with van der Waals surface area (Å²) >= 11 is 0. The molecule has 1 heterocycles. The second-order valence-electron chi connectivity index (χ2n) is 9.23. The minimum atomic E-state index is -0.501. The molecule has 0 fully saturated rings. The molecule has 1 aromatic rings. The number of unbranched alkanes of at least 4 members (excludes halogenated alkanes) is 4. The summed E-state index contributed by atoms with van der Waals surface area (Å²) in [7, 11) is 3.10. The number of ether oxygens (including phenoxy) is 6. The summed E-state index contributed by atoms with van der Waals surface area (Å²) in [6.45, 7) is 2.51. The number of allylic oxidation sites excluding steroid dienone is 2. The SMILES string of the molecule is CCCCCCCC(=O)OCC[C@@H]1C[C@H](OCOC)CC/C=C/Cc2cccc(OCOC)c2C(=O)O1. The molecular formula is C29H44O8. The molecule has 8 heteroatoms. The molecule has 37 heavy (non-hydrogen) atoms. The van der Waals surface area contributed by atoms with Crippen molar-refractivity contribution in [2.24, 2.45) is 0 Å². The van der Waals surface area contributed by atoms with Crippen LogP contribution in [0.25, 0.3) is 0 Å². The van der Waals surface area contributed by atoms with Crippen molar-refractivity contribution in [2.45, 2.75) is 89.8 Å². The Morgan fingerprint density at radius 2 is 1.86 bits per heavy atom. The lowest BCUT2D eigenvalue weighted by Gasteiger charge is -2.25. The second kappa shape index (κ2) is 18.8. The summed E-state index contributed by atoms with van der Waals surface area (Å²) in [6, 6.07) is 5.48. The Kier molecular flexibility index (Phi) is 15.6. The molecule has 0 amide bonds. The molecule has 2 atom stereocenters. The highest BCUT2D eigenvalue weighted by Crippen LogP contribution is 2.27. The van der Waals surface area contributed by atoms with Gasteiger partial charge in [0.25, 0.3) is 0 Å². The summed E-state index contributed by atoms with van der Waals surface area (Å²) in [5, 5.41) is 0. The van der Waals surface area contributed by atoms with E-state index in [-0.39, 0.29) is 32.3 Å². The smallest absolute Gasteiger partial charge is 0.342 e. The lowest BCUT2D eigenvalue weighted by atomic mass is 10.00. The van der Waals surface area contributed by atoms with Gasteiger partial charge in [0.15, 0.2) is 6.79 Å². The molecule has 0 bridgehead atoms. The van der Waals surface area contributed by atoms with E-state index in [2.05, 4.69) is 13.0 Å². The molecule has 0 saturated heterocycles. The van der Waals surface area contributed by atoms with E-state index >= 15 is 0 Å². The normalized spacial score (nSPS) is 19.2. The van der Waals surface area contributed by atoms with E-state index in [0.717, 1.165) is 37.7 Å². The third kappa shape index (κ3) is 12.1. The zero-order valence-corrected chi connectivity index (χ0v) is 22.7. The molecule has 1 aliphatic heterocycles. The Balaban J connectivity index is 2.11. The van der Waals surface area contributed by atoms with Crippen LogP contribution in [0.3, 0.4) is 0 Å². The maximum atomic E-state index is 13.4. The first kappa shape index (κ1) is 30.8. The van der Waals surface area contributed by atoms with Crippen LogP contribution in [0.5, 0.6) is 5.75 Å². The van der Waals surface area contributed by atoms with Crippen LogP contribution in [-0.4, -0.2) is 58.6 Å². The largest absolute Gasteiger partial charge is 0.467 e. The summed E-state index contributed by atoms with van der Waals surface area (Å²) in [4.78, 5) is 25.6. The molecule has 1 aliphatic rings. The van der Waals surface area contributed by atoms with E-state index in [0.29, 0.717) is 37.0 Å². The quantitative estimate of drug-likeness (QED) is 0.125. The van der Waals surface area contributed by atoms with Crippen molar-refractivity contribution in [1.29, 1.82) is 0 Å². The van der Waals surface area contributed by atoms with E-state index in [4.69, 9.17) is 28.4 Å². The number of rotatable bonds is 15. The van der Waals surface area contributed by atoms with Gasteiger partial charge in [-0.15, -0.1) is 0 Å². The molecule has 208 valence electrons. The Hall–Kier alpha value is -2.42. The number of hydrogen-bond acceptors (Lipinski definition) is 8. The van der Waals surface area contributed by atoms with E-state index in [1.54, 1.807) is 13.2 Å². The molecule has 0 unspecified atom stereocenters. The van der Waals surface area contributed by atoms with Gasteiger partial charge in [-0.3, -0.25) is 4.79 Å². The topological polar surface area (TPSA) is 89.5 Å². The van der Waals surface area contributed by atoms with E-state index in [1.165, 1.54) is 20.0 Å². The zero-order valence-electron chi connectivity index (χ0n) is 22.7. The van der Waals surface area contributed by atoms with Crippen LogP contribution < -0.4 is 4.74 Å². The summed E-state index contributed by atoms with van der Waals surface area (Å²) in [5.41, 5.74) is 1.20. The fourth-order valence-corrected chi connectivity index (χ4v) is 4.24. The monoisotopic (exact) mass is 520 g/mol. The van der Waals surface area contributed by atoms with Gasteiger partial charge in [-0.2, -0.15) is 0 Å². The number of benzene rings is 1. The van der Waals surface area contributed by atoms with Gasteiger partial charge in [-0.05, 0) is 37.3 Å². The van der Waals surface area contributed by atoms with Crippen molar-refractivity contribution < 1.29 is 38.0 Å². The summed E-state index contributed by atoms with van der Waals surface area (Å²) in [5.74, 6) is -0.280. The average Bonchev–Trinajstić information content (AvgIpc) is 2.89. The van der Waals surface area contributed by atoms with Gasteiger partial charge >= 0.3 is 11.9 Å². The summed E-state index contributed by atoms with van der Waals surface area (Å²) in [6.07, 6.45) is 12.2. The molecule has 0 N–H and O–H groups in total. The third-order valence-corrected chi connectivity index (χ3v) is 6.22. The Morgan fingerprint density at radius 1 is 1.05 bits per heavy atom. The minimum absolute atomic E-state index is 0.0182. The van der Waals surface area contributed by atoms with E-state index in [9.17, 15) is 9.59 Å². The number of carbonyl (C=O) groups is 2. The first-order chi connectivity index (χ1) is 18.1. The molecule has 0 aliphatic carbocycles. The van der Waals surface area contributed by atoms with E-state index in [1.807, 2.05) is 18.2 Å². The maximum Gasteiger partial charge on any atom is 0.342 e. The van der Waals surface area contributed by atoms with Gasteiger partial charge in [0.2, 0.25) is 0 Å². The van der Waals surface area contributed by atoms with Crippen LogP contribution in [0.15, 0.2) is 30.4 Å². The standard InChI is InChI=1S/C29H44O8/c1-4-5-6-7-11-17-27(30)34-19-18-25-20-24(35-21-32-2)15-10-8-9-13-23-14-12-16-26(36-22-33-3)28(23)29(31)37-25/h8-9,12,14,16,24-25H,4-7,10-11,13,15,17-22H2,1-3H3/b9-8+/t24-,25-/m1/s1. The molecule has 0 radical (unpaired) electrons. The van der Waals surface area contributed by atoms with Crippen molar-refractivity contribution >= 4 is 11.9 Å². The van der Waals surface area contributed by atoms with Gasteiger partial charge < -0.3 is 28.4 Å². The van der Waals surface area contributed by atoms with E-state index < -0.39 is 12.1 Å². The van der Waals surface area contributed by atoms with Crippen LogP contribution in [-0.2, 0) is 34.9 Å². The predicted molar refractivity (Wildman–Crippen MR) is 141 cm³/mol. The highest BCUT2D eigenvalue weighted by molar-refractivity contribution is 5.94. The number of cyclic esters (lactones) is 1. The average molecular weight is 521 g/mol. The molecule has 0 aromatic heterocycles. The van der Waals surface area contributed by atoms with Crippen molar-refractivity contribution in [3.63, 3.8) is 0 Å². The zero-order chi connectivity index (χ0) is 26.7. The van der Waals surface area contributed by atoms with Gasteiger partial charge in [-0.25, -0.2) is 4.79 Å². The third-order valence-electron chi connectivity index (χ3n) is 6.22. The Morgan fingerprint density at radius 3 is 2.65 bits per heavy atom. The number of esters is 2. The van der Waals surface area contributed by atoms with Gasteiger partial charge in [0.05, 0.1) is 12.7 Å². The summed E-state index contributed by atoms with van der Waals surface area (Å²) < 4.78 is 33.1. The van der Waals surface area contributed by atoms with Crippen molar-refractivity contribution in [3.05, 3.63) is 41.5 Å². The highest BCUT2D eigenvalue weighted by Gasteiger charge is 2.26. The van der Waals surface area contributed by atoms with Crippen molar-refractivity contribution in [1.82, 2.24) is 0 Å². The van der Waals surface area contributed by atoms with Crippen LogP contribution in [0.1, 0.15) is 87.1 Å². The minimum Gasteiger partial charge on any atom is -0.467 e. The number of carbonyl (C=O) groups excluding carboxylic acids is 2. The van der Waals surface area contributed by atoms with Gasteiger partial charge in [0, 0.05) is 33.5 Å². The molecular weight excluding hydrogens is 476 g/mol. The molecule has 2 rings (SSSR count). The van der Waals surface area contributed by atoms with Crippen LogP contribution in [0, 0.1) is 0 Å². The van der Waals surface area contributed by atoms with Crippen LogP contribution >= 0.6 is 0 Å². The van der Waals surface area contributed by atoms with Gasteiger partial charge in [-0.1, -0.05) is 56.9 Å². The Bertz CT molecular complexity index is 822. The lowest BCUT2D eigenvalue weighted by Crippen LogP contribution is -2.28. The van der Waals surface area contributed by atoms with Gasteiger partial charge in [0.1, 0.15) is 24.2 Å². The molecule has 0 spiro atoms. The maximum absolute atomic E-state index is 13.4. The fourth-order valence-electron chi connectivity index (χ4n) is 4.24. The first-order valence-electron chi connectivity index (χ1n) is 13.4. The molecule has 8 nitrogen and oxygen atoms in total. The van der Waals surface area contributed by atoms with Crippen molar-refractivity contribution in [2.75, 3.05) is 34.4 Å². The molecule has 1 aromatic carbocycles. The second-order valence-corrected chi connectivity index (χ2v) is 9.23. The predicted octanol–water partition coefficient (Wildman–Crippen LogP) is 5.76.